The zero-order valence-electron chi connectivity index (χ0n) is 14.6. The summed E-state index contributed by atoms with van der Waals surface area (Å²) in [7, 11) is 0. The number of hydrogen-bond donors (Lipinski definition) is 3. The van der Waals surface area contributed by atoms with E-state index in [-0.39, 0.29) is 19.7 Å². The van der Waals surface area contributed by atoms with E-state index >= 15 is 0 Å². The third-order valence-electron chi connectivity index (χ3n) is 4.28. The molecule has 1 aliphatic rings. The summed E-state index contributed by atoms with van der Waals surface area (Å²) >= 11 is 0. The van der Waals surface area contributed by atoms with Gasteiger partial charge in [-0.2, -0.15) is 0 Å². The van der Waals surface area contributed by atoms with Crippen molar-refractivity contribution in [3.63, 3.8) is 0 Å². The number of benzene rings is 2. The summed E-state index contributed by atoms with van der Waals surface area (Å²) in [6, 6.07) is 11.5. The summed E-state index contributed by atoms with van der Waals surface area (Å²) in [5.41, 5.74) is 7.53. The first kappa shape index (κ1) is 18.7. The molecule has 2 aromatic rings. The highest BCUT2D eigenvalue weighted by molar-refractivity contribution is 5.90. The second kappa shape index (κ2) is 8.07. The minimum absolute atomic E-state index is 0.0682. The van der Waals surface area contributed by atoms with E-state index in [9.17, 15) is 9.18 Å². The van der Waals surface area contributed by atoms with Crippen LogP contribution in [0.4, 0.5) is 14.9 Å². The highest BCUT2D eigenvalue weighted by atomic mass is 19.1. The van der Waals surface area contributed by atoms with Gasteiger partial charge in [-0.1, -0.05) is 24.3 Å². The molecule has 0 saturated carbocycles. The summed E-state index contributed by atoms with van der Waals surface area (Å²) < 4.78 is 19.9. The number of aliphatic hydroxyl groups excluding tert-OH is 1. The van der Waals surface area contributed by atoms with Crippen molar-refractivity contribution in [3.05, 3.63) is 66.2 Å². The van der Waals surface area contributed by atoms with Crippen molar-refractivity contribution in [2.75, 3.05) is 18.0 Å². The van der Waals surface area contributed by atoms with E-state index < -0.39 is 18.0 Å². The average Bonchev–Trinajstić information content (AvgIpc) is 3.02. The van der Waals surface area contributed by atoms with E-state index in [4.69, 9.17) is 21.4 Å². The number of cyclic esters (lactones) is 1. The van der Waals surface area contributed by atoms with E-state index in [0.717, 1.165) is 5.56 Å². The number of rotatable bonds is 6. The van der Waals surface area contributed by atoms with E-state index in [1.165, 1.54) is 28.4 Å². The number of anilines is 1. The minimum atomic E-state index is -0.551. The number of hydrazine groups is 1. The van der Waals surface area contributed by atoms with Crippen molar-refractivity contribution < 1.29 is 19.0 Å². The molecular formula is C19H21FN4O3. The van der Waals surface area contributed by atoms with Gasteiger partial charge in [0.25, 0.3) is 0 Å². The SMILES string of the molecule is N/C=C\N(N)CC1CN(c2ccc(-c3ccc(CO)cc3)c(F)c2)C(=O)O1. The molecule has 0 spiro atoms. The van der Waals surface area contributed by atoms with Gasteiger partial charge < -0.3 is 20.6 Å². The number of ether oxygens (including phenoxy) is 1. The molecule has 7 nitrogen and oxygen atoms in total. The maximum atomic E-state index is 14.6. The van der Waals surface area contributed by atoms with Crippen LogP contribution in [0.3, 0.4) is 0 Å². The lowest BCUT2D eigenvalue weighted by Gasteiger charge is -2.17. The molecule has 0 bridgehead atoms. The number of hydrogen-bond acceptors (Lipinski definition) is 6. The molecule has 0 aliphatic carbocycles. The van der Waals surface area contributed by atoms with E-state index in [1.54, 1.807) is 36.4 Å². The Kier molecular flexibility index (Phi) is 5.58. The van der Waals surface area contributed by atoms with E-state index in [2.05, 4.69) is 0 Å². The monoisotopic (exact) mass is 372 g/mol. The Morgan fingerprint density at radius 3 is 2.67 bits per heavy atom. The Hall–Kier alpha value is -3.10. The normalized spacial score (nSPS) is 16.8. The molecule has 142 valence electrons. The van der Waals surface area contributed by atoms with Crippen LogP contribution in [-0.2, 0) is 11.3 Å². The topological polar surface area (TPSA) is 105 Å². The summed E-state index contributed by atoms with van der Waals surface area (Å²) in [6.07, 6.45) is 1.75. The van der Waals surface area contributed by atoms with Crippen LogP contribution in [0.5, 0.6) is 0 Å². The van der Waals surface area contributed by atoms with Crippen LogP contribution in [0.1, 0.15) is 5.56 Å². The lowest BCUT2D eigenvalue weighted by atomic mass is 10.0. The van der Waals surface area contributed by atoms with Crippen LogP contribution < -0.4 is 16.5 Å². The number of aliphatic hydroxyl groups is 1. The van der Waals surface area contributed by atoms with Crippen LogP contribution in [0, 0.1) is 5.82 Å². The van der Waals surface area contributed by atoms with Gasteiger partial charge in [-0.15, -0.1) is 0 Å². The highest BCUT2D eigenvalue weighted by Gasteiger charge is 2.33. The van der Waals surface area contributed by atoms with Gasteiger partial charge in [-0.05, 0) is 29.3 Å². The molecule has 1 atom stereocenters. The zero-order valence-corrected chi connectivity index (χ0v) is 14.6. The minimum Gasteiger partial charge on any atom is -0.442 e. The maximum Gasteiger partial charge on any atom is 0.414 e. The second-order valence-corrected chi connectivity index (χ2v) is 6.17. The Bertz CT molecular complexity index is 841. The van der Waals surface area contributed by atoms with Crippen LogP contribution in [0.25, 0.3) is 11.1 Å². The van der Waals surface area contributed by atoms with E-state index in [1.807, 2.05) is 0 Å². The summed E-state index contributed by atoms with van der Waals surface area (Å²) in [6.45, 7) is 0.462. The standard InChI is InChI=1S/C19H21FN4O3/c20-18-9-15(5-6-17(18)14-3-1-13(12-25)2-4-14)24-11-16(27-19(24)26)10-23(22)8-7-21/h1-9,16,25H,10-12,21-22H2/b8-7-. The lowest BCUT2D eigenvalue weighted by Crippen LogP contribution is -2.36. The fraction of sp³-hybridized carbons (Fsp3) is 0.211. The van der Waals surface area contributed by atoms with E-state index in [0.29, 0.717) is 16.8 Å². The predicted molar refractivity (Wildman–Crippen MR) is 99.6 cm³/mol. The first-order valence-electron chi connectivity index (χ1n) is 8.39. The van der Waals surface area contributed by atoms with Crippen molar-refractivity contribution in [1.82, 2.24) is 5.01 Å². The molecule has 1 fully saturated rings. The number of carbonyl (C=O) groups excluding carboxylic acids is 1. The van der Waals surface area contributed by atoms with Gasteiger partial charge in [0.15, 0.2) is 0 Å². The smallest absolute Gasteiger partial charge is 0.414 e. The Morgan fingerprint density at radius 1 is 1.30 bits per heavy atom. The number of nitrogens with zero attached hydrogens (tertiary/aromatic N) is 2. The largest absolute Gasteiger partial charge is 0.442 e. The molecule has 0 radical (unpaired) electrons. The van der Waals surface area contributed by atoms with Gasteiger partial charge in [0.05, 0.1) is 25.4 Å². The fourth-order valence-electron chi connectivity index (χ4n) is 2.93. The predicted octanol–water partition coefficient (Wildman–Crippen LogP) is 1.92. The first-order chi connectivity index (χ1) is 13.0. The second-order valence-electron chi connectivity index (χ2n) is 6.17. The molecule has 1 heterocycles. The number of nitrogens with two attached hydrogens (primary N) is 2. The molecular weight excluding hydrogens is 351 g/mol. The van der Waals surface area contributed by atoms with Gasteiger partial charge >= 0.3 is 6.09 Å². The zero-order chi connectivity index (χ0) is 19.4. The van der Waals surface area contributed by atoms with Crippen LogP contribution in [0.15, 0.2) is 54.9 Å². The van der Waals surface area contributed by atoms with Crippen LogP contribution in [0.2, 0.25) is 0 Å². The summed E-state index contributed by atoms with van der Waals surface area (Å²) in [5.74, 6) is 5.25. The highest BCUT2D eigenvalue weighted by Crippen LogP contribution is 2.29. The quantitative estimate of drug-likeness (QED) is 0.529. The molecule has 8 heteroatoms. The fourth-order valence-corrected chi connectivity index (χ4v) is 2.93. The number of amides is 1. The molecule has 27 heavy (non-hydrogen) atoms. The molecule has 1 saturated heterocycles. The first-order valence-corrected chi connectivity index (χ1v) is 8.39. The number of carbonyl (C=O) groups is 1. The maximum absolute atomic E-state index is 14.6. The third kappa shape index (κ3) is 4.18. The van der Waals surface area contributed by atoms with Crippen LogP contribution >= 0.6 is 0 Å². The van der Waals surface area contributed by atoms with Gasteiger partial charge in [0, 0.05) is 18.0 Å². The van der Waals surface area contributed by atoms with Gasteiger partial charge in [-0.3, -0.25) is 4.90 Å². The van der Waals surface area contributed by atoms with Crippen molar-refractivity contribution in [3.8, 4) is 11.1 Å². The van der Waals surface area contributed by atoms with Crippen molar-refractivity contribution in [1.29, 1.82) is 0 Å². The van der Waals surface area contributed by atoms with Gasteiger partial charge in [0.1, 0.15) is 11.9 Å². The molecule has 1 amide bonds. The van der Waals surface area contributed by atoms with Gasteiger partial charge in [0.2, 0.25) is 0 Å². The Morgan fingerprint density at radius 2 is 2.04 bits per heavy atom. The Balaban J connectivity index is 1.76. The number of halogens is 1. The molecule has 5 N–H and O–H groups in total. The lowest BCUT2D eigenvalue weighted by molar-refractivity contribution is 0.122. The van der Waals surface area contributed by atoms with Crippen molar-refractivity contribution >= 4 is 11.8 Å². The summed E-state index contributed by atoms with van der Waals surface area (Å²) in [4.78, 5) is 13.5. The van der Waals surface area contributed by atoms with Crippen LogP contribution in [-0.4, -0.2) is 35.4 Å². The van der Waals surface area contributed by atoms with Crippen molar-refractivity contribution in [2.24, 2.45) is 11.6 Å². The average molecular weight is 372 g/mol. The van der Waals surface area contributed by atoms with Crippen molar-refractivity contribution in [2.45, 2.75) is 12.7 Å². The molecule has 1 aliphatic heterocycles. The summed E-state index contributed by atoms with van der Waals surface area (Å²) in [5, 5.41) is 10.4. The molecule has 0 aromatic heterocycles. The molecule has 2 aromatic carbocycles. The third-order valence-corrected chi connectivity index (χ3v) is 4.28. The Labute approximate surface area is 156 Å². The molecule has 1 unspecified atom stereocenters. The van der Waals surface area contributed by atoms with Gasteiger partial charge in [-0.25, -0.2) is 15.0 Å². The molecule has 3 rings (SSSR count).